The standard InChI is InChI=1S/C18H13FN4O3S/c1-26-18(25)15-7-6-13(27-15)9-22-10-20-16-14(17(22)24)8-21-23(16)12-4-2-11(19)3-5-12/h2-8,10H,9H2,1H3. The van der Waals surface area contributed by atoms with Gasteiger partial charge < -0.3 is 4.74 Å². The van der Waals surface area contributed by atoms with E-state index in [2.05, 4.69) is 14.8 Å². The van der Waals surface area contributed by atoms with Crippen molar-refractivity contribution in [1.82, 2.24) is 19.3 Å². The predicted molar refractivity (Wildman–Crippen MR) is 97.8 cm³/mol. The molecule has 0 aliphatic heterocycles. The summed E-state index contributed by atoms with van der Waals surface area (Å²) in [7, 11) is 1.32. The van der Waals surface area contributed by atoms with Crippen LogP contribution in [0.5, 0.6) is 0 Å². The van der Waals surface area contributed by atoms with Crippen molar-refractivity contribution in [2.24, 2.45) is 0 Å². The highest BCUT2D eigenvalue weighted by Crippen LogP contribution is 2.19. The van der Waals surface area contributed by atoms with Crippen LogP contribution < -0.4 is 5.56 Å². The van der Waals surface area contributed by atoms with E-state index in [4.69, 9.17) is 0 Å². The Morgan fingerprint density at radius 2 is 2.00 bits per heavy atom. The molecule has 0 bridgehead atoms. The van der Waals surface area contributed by atoms with Gasteiger partial charge in [0.15, 0.2) is 5.65 Å². The highest BCUT2D eigenvalue weighted by molar-refractivity contribution is 7.13. The van der Waals surface area contributed by atoms with Crippen LogP contribution in [0.3, 0.4) is 0 Å². The molecule has 4 rings (SSSR count). The van der Waals surface area contributed by atoms with Crippen molar-refractivity contribution in [3.05, 3.63) is 74.8 Å². The highest BCUT2D eigenvalue weighted by atomic mass is 32.1. The minimum Gasteiger partial charge on any atom is -0.465 e. The SMILES string of the molecule is COC(=O)c1ccc(Cn2cnc3c(cnn3-c3ccc(F)cc3)c2=O)s1. The second-order valence-electron chi connectivity index (χ2n) is 5.71. The van der Waals surface area contributed by atoms with Crippen LogP contribution in [0.4, 0.5) is 4.39 Å². The van der Waals surface area contributed by atoms with E-state index >= 15 is 0 Å². The summed E-state index contributed by atoms with van der Waals surface area (Å²) in [6.07, 6.45) is 2.88. The molecule has 0 spiro atoms. The lowest BCUT2D eigenvalue weighted by atomic mass is 10.3. The van der Waals surface area contributed by atoms with E-state index in [1.807, 2.05) is 0 Å². The zero-order chi connectivity index (χ0) is 19.0. The van der Waals surface area contributed by atoms with Crippen LogP contribution in [0, 0.1) is 5.82 Å². The maximum Gasteiger partial charge on any atom is 0.348 e. The fraction of sp³-hybridized carbons (Fsp3) is 0.111. The number of hydrogen-bond acceptors (Lipinski definition) is 6. The third-order valence-electron chi connectivity index (χ3n) is 4.00. The van der Waals surface area contributed by atoms with Gasteiger partial charge in [0.25, 0.3) is 5.56 Å². The number of carbonyl (C=O) groups excluding carboxylic acids is 1. The number of thiophene rings is 1. The number of ether oxygens (including phenoxy) is 1. The Labute approximate surface area is 156 Å². The molecular weight excluding hydrogens is 371 g/mol. The Kier molecular flexibility index (Phi) is 4.28. The molecule has 3 heterocycles. The molecule has 27 heavy (non-hydrogen) atoms. The molecule has 0 N–H and O–H groups in total. The predicted octanol–water partition coefficient (Wildman–Crippen LogP) is 2.62. The first-order chi connectivity index (χ1) is 13.1. The van der Waals surface area contributed by atoms with Crippen LogP contribution in [0.2, 0.25) is 0 Å². The quantitative estimate of drug-likeness (QED) is 0.506. The maximum atomic E-state index is 13.1. The molecule has 1 aromatic carbocycles. The monoisotopic (exact) mass is 384 g/mol. The zero-order valence-corrected chi connectivity index (χ0v) is 14.9. The molecule has 7 nitrogen and oxygen atoms in total. The number of fused-ring (bicyclic) bond motifs is 1. The van der Waals surface area contributed by atoms with Gasteiger partial charge in [-0.3, -0.25) is 9.36 Å². The lowest BCUT2D eigenvalue weighted by molar-refractivity contribution is 0.0606. The Hall–Kier alpha value is -3.33. The molecule has 0 radical (unpaired) electrons. The van der Waals surface area contributed by atoms with Gasteiger partial charge in [-0.1, -0.05) is 0 Å². The van der Waals surface area contributed by atoms with Gasteiger partial charge in [-0.05, 0) is 36.4 Å². The number of halogens is 1. The summed E-state index contributed by atoms with van der Waals surface area (Å²) in [4.78, 5) is 29.9. The summed E-state index contributed by atoms with van der Waals surface area (Å²) in [5.74, 6) is -0.763. The van der Waals surface area contributed by atoms with E-state index in [1.54, 1.807) is 24.3 Å². The van der Waals surface area contributed by atoms with Crippen molar-refractivity contribution in [2.75, 3.05) is 7.11 Å². The summed E-state index contributed by atoms with van der Waals surface area (Å²) < 4.78 is 20.7. The number of hydrogen-bond donors (Lipinski definition) is 0. The van der Waals surface area contributed by atoms with Crippen molar-refractivity contribution < 1.29 is 13.9 Å². The average molecular weight is 384 g/mol. The van der Waals surface area contributed by atoms with E-state index in [0.717, 1.165) is 4.88 Å². The van der Waals surface area contributed by atoms with Gasteiger partial charge in [0.2, 0.25) is 0 Å². The first-order valence-corrected chi connectivity index (χ1v) is 8.74. The number of esters is 1. The summed E-state index contributed by atoms with van der Waals surface area (Å²) in [6, 6.07) is 9.20. The topological polar surface area (TPSA) is 79.0 Å². The molecule has 0 amide bonds. The Morgan fingerprint density at radius 3 is 2.74 bits per heavy atom. The van der Waals surface area contributed by atoms with Crippen LogP contribution in [0.25, 0.3) is 16.7 Å². The molecule has 0 saturated heterocycles. The number of methoxy groups -OCH3 is 1. The van der Waals surface area contributed by atoms with E-state index in [-0.39, 0.29) is 17.9 Å². The average Bonchev–Trinajstić information content (AvgIpc) is 3.31. The molecule has 0 aliphatic carbocycles. The van der Waals surface area contributed by atoms with Gasteiger partial charge >= 0.3 is 5.97 Å². The van der Waals surface area contributed by atoms with Gasteiger partial charge in [0.1, 0.15) is 22.4 Å². The maximum absolute atomic E-state index is 13.1. The van der Waals surface area contributed by atoms with E-state index in [0.29, 0.717) is 21.6 Å². The van der Waals surface area contributed by atoms with Crippen LogP contribution in [-0.2, 0) is 11.3 Å². The second-order valence-corrected chi connectivity index (χ2v) is 6.87. The number of rotatable bonds is 4. The fourth-order valence-electron chi connectivity index (χ4n) is 2.67. The Balaban J connectivity index is 1.69. The van der Waals surface area contributed by atoms with Gasteiger partial charge in [0.05, 0.1) is 25.5 Å². The number of aromatic nitrogens is 4. The first-order valence-electron chi connectivity index (χ1n) is 7.93. The normalized spacial score (nSPS) is 11.0. The largest absolute Gasteiger partial charge is 0.465 e. The van der Waals surface area contributed by atoms with E-state index < -0.39 is 5.97 Å². The summed E-state index contributed by atoms with van der Waals surface area (Å²) >= 11 is 1.26. The lowest BCUT2D eigenvalue weighted by Gasteiger charge is -2.05. The second kappa shape index (κ2) is 6.76. The third-order valence-corrected chi connectivity index (χ3v) is 5.05. The first kappa shape index (κ1) is 17.1. The van der Waals surface area contributed by atoms with Gasteiger partial charge in [-0.2, -0.15) is 5.10 Å². The van der Waals surface area contributed by atoms with Crippen LogP contribution in [-0.4, -0.2) is 32.4 Å². The zero-order valence-electron chi connectivity index (χ0n) is 14.1. The molecular formula is C18H13FN4O3S. The summed E-state index contributed by atoms with van der Waals surface area (Å²) in [5.41, 5.74) is 0.752. The van der Waals surface area contributed by atoms with Crippen LogP contribution in [0.1, 0.15) is 14.5 Å². The van der Waals surface area contributed by atoms with Gasteiger partial charge in [0, 0.05) is 4.88 Å². The summed E-state index contributed by atoms with van der Waals surface area (Å²) in [5, 5.41) is 4.56. The third kappa shape index (κ3) is 3.13. The van der Waals surface area contributed by atoms with Gasteiger partial charge in [-0.25, -0.2) is 18.9 Å². The number of carbonyl (C=O) groups is 1. The van der Waals surface area contributed by atoms with Crippen LogP contribution >= 0.6 is 11.3 Å². The molecule has 0 unspecified atom stereocenters. The molecule has 136 valence electrons. The molecule has 3 aromatic heterocycles. The Morgan fingerprint density at radius 1 is 1.22 bits per heavy atom. The molecule has 0 atom stereocenters. The number of nitrogens with zero attached hydrogens (tertiary/aromatic N) is 4. The van der Waals surface area contributed by atoms with Crippen LogP contribution in [0.15, 0.2) is 53.7 Å². The van der Waals surface area contributed by atoms with Crippen molar-refractivity contribution in [1.29, 1.82) is 0 Å². The molecule has 9 heteroatoms. The molecule has 0 fully saturated rings. The van der Waals surface area contributed by atoms with Crippen molar-refractivity contribution in [3.63, 3.8) is 0 Å². The van der Waals surface area contributed by atoms with E-state index in [9.17, 15) is 14.0 Å². The van der Waals surface area contributed by atoms with E-state index in [1.165, 1.54) is 52.4 Å². The van der Waals surface area contributed by atoms with Crippen molar-refractivity contribution in [3.8, 4) is 5.69 Å². The molecule has 4 aromatic rings. The van der Waals surface area contributed by atoms with Crippen molar-refractivity contribution >= 4 is 28.3 Å². The van der Waals surface area contributed by atoms with Crippen molar-refractivity contribution in [2.45, 2.75) is 6.54 Å². The molecule has 0 aliphatic rings. The Bertz CT molecular complexity index is 1190. The minimum absolute atomic E-state index is 0.249. The highest BCUT2D eigenvalue weighted by Gasteiger charge is 2.14. The summed E-state index contributed by atoms with van der Waals surface area (Å²) in [6.45, 7) is 0.283. The molecule has 0 saturated carbocycles. The minimum atomic E-state index is -0.409. The fourth-order valence-corrected chi connectivity index (χ4v) is 3.60. The number of benzene rings is 1. The van der Waals surface area contributed by atoms with Gasteiger partial charge in [-0.15, -0.1) is 11.3 Å². The lowest BCUT2D eigenvalue weighted by Crippen LogP contribution is -2.20. The smallest absolute Gasteiger partial charge is 0.348 e.